The van der Waals surface area contributed by atoms with Crippen LogP contribution in [0.5, 0.6) is 0 Å². The fourth-order valence-electron chi connectivity index (χ4n) is 1.57. The van der Waals surface area contributed by atoms with Gasteiger partial charge in [-0.05, 0) is 19.3 Å². The van der Waals surface area contributed by atoms with Gasteiger partial charge in [-0.25, -0.2) is 4.79 Å². The molecule has 7 heteroatoms. The summed E-state index contributed by atoms with van der Waals surface area (Å²) in [4.78, 5) is 11.4. The van der Waals surface area contributed by atoms with Gasteiger partial charge in [-0.15, -0.1) is 0 Å². The van der Waals surface area contributed by atoms with Crippen molar-refractivity contribution in [3.05, 3.63) is 0 Å². The Morgan fingerprint density at radius 2 is 2.35 bits per heavy atom. The SMILES string of the molecule is NC(CCCCNC(=O)NC1CCOC1)=NO. The maximum Gasteiger partial charge on any atom is 0.315 e. The number of rotatable bonds is 6. The molecule has 1 atom stereocenters. The Bertz CT molecular complexity index is 264. The molecule has 0 aromatic carbocycles. The van der Waals surface area contributed by atoms with Gasteiger partial charge in [-0.2, -0.15) is 0 Å². The lowest BCUT2D eigenvalue weighted by Crippen LogP contribution is -2.42. The van der Waals surface area contributed by atoms with Crippen LogP contribution in [0.25, 0.3) is 0 Å². The van der Waals surface area contributed by atoms with E-state index in [1.54, 1.807) is 0 Å². The van der Waals surface area contributed by atoms with E-state index < -0.39 is 0 Å². The van der Waals surface area contributed by atoms with Crippen LogP contribution >= 0.6 is 0 Å². The molecule has 1 fully saturated rings. The van der Waals surface area contributed by atoms with Crippen LogP contribution in [0.4, 0.5) is 4.79 Å². The van der Waals surface area contributed by atoms with Gasteiger partial charge in [0, 0.05) is 19.6 Å². The zero-order valence-electron chi connectivity index (χ0n) is 9.82. The summed E-state index contributed by atoms with van der Waals surface area (Å²) in [6.45, 7) is 1.89. The maximum absolute atomic E-state index is 11.4. The number of amidine groups is 1. The number of hydrogen-bond donors (Lipinski definition) is 4. The summed E-state index contributed by atoms with van der Waals surface area (Å²) < 4.78 is 5.15. The first kappa shape index (κ1) is 13.6. The zero-order chi connectivity index (χ0) is 12.5. The minimum Gasteiger partial charge on any atom is -0.409 e. The standard InChI is InChI=1S/C10H20N4O3/c11-9(14-16)3-1-2-5-12-10(15)13-8-4-6-17-7-8/h8,16H,1-7H2,(H2,11,14)(H2,12,13,15). The number of nitrogens with one attached hydrogen (secondary N) is 2. The van der Waals surface area contributed by atoms with Gasteiger partial charge in [0.15, 0.2) is 0 Å². The highest BCUT2D eigenvalue weighted by Gasteiger charge is 2.16. The molecule has 0 radical (unpaired) electrons. The van der Waals surface area contributed by atoms with Crippen molar-refractivity contribution < 1.29 is 14.7 Å². The van der Waals surface area contributed by atoms with Crippen molar-refractivity contribution in [2.45, 2.75) is 31.7 Å². The van der Waals surface area contributed by atoms with Gasteiger partial charge in [-0.1, -0.05) is 5.16 Å². The molecule has 1 aliphatic heterocycles. The molecule has 0 bridgehead atoms. The Balaban J connectivity index is 1.96. The monoisotopic (exact) mass is 244 g/mol. The van der Waals surface area contributed by atoms with Crippen molar-refractivity contribution in [1.82, 2.24) is 10.6 Å². The number of carbonyl (C=O) groups excluding carboxylic acids is 1. The summed E-state index contributed by atoms with van der Waals surface area (Å²) in [6, 6.07) is -0.0311. The normalized spacial score (nSPS) is 20.2. The van der Waals surface area contributed by atoms with Crippen LogP contribution in [-0.4, -0.2) is 42.9 Å². The van der Waals surface area contributed by atoms with Crippen molar-refractivity contribution in [3.63, 3.8) is 0 Å². The summed E-state index contributed by atoms with van der Waals surface area (Å²) in [5, 5.41) is 16.8. The fourth-order valence-corrected chi connectivity index (χ4v) is 1.57. The highest BCUT2D eigenvalue weighted by molar-refractivity contribution is 5.79. The van der Waals surface area contributed by atoms with E-state index in [0.717, 1.165) is 19.3 Å². The van der Waals surface area contributed by atoms with Crippen molar-refractivity contribution >= 4 is 11.9 Å². The van der Waals surface area contributed by atoms with Gasteiger partial charge >= 0.3 is 6.03 Å². The summed E-state index contributed by atoms with van der Waals surface area (Å²) in [5.74, 6) is 0.220. The van der Waals surface area contributed by atoms with Gasteiger partial charge in [0.25, 0.3) is 0 Å². The second-order valence-corrected chi connectivity index (χ2v) is 4.01. The predicted octanol–water partition coefficient (Wildman–Crippen LogP) is -0.00880. The predicted molar refractivity (Wildman–Crippen MR) is 63.0 cm³/mol. The third-order valence-corrected chi connectivity index (χ3v) is 2.54. The Hall–Kier alpha value is -1.50. The van der Waals surface area contributed by atoms with Crippen LogP contribution < -0.4 is 16.4 Å². The average Bonchev–Trinajstić information content (AvgIpc) is 2.81. The molecule has 0 aliphatic carbocycles. The summed E-state index contributed by atoms with van der Waals surface area (Å²) in [7, 11) is 0. The van der Waals surface area contributed by atoms with E-state index in [-0.39, 0.29) is 17.9 Å². The number of amides is 2. The van der Waals surface area contributed by atoms with E-state index in [0.29, 0.717) is 26.2 Å². The Morgan fingerprint density at radius 1 is 1.53 bits per heavy atom. The van der Waals surface area contributed by atoms with Crippen molar-refractivity contribution in [3.8, 4) is 0 Å². The molecule has 0 aromatic rings. The largest absolute Gasteiger partial charge is 0.409 e. The van der Waals surface area contributed by atoms with Gasteiger partial charge in [0.2, 0.25) is 0 Å². The molecule has 5 N–H and O–H groups in total. The van der Waals surface area contributed by atoms with Crippen LogP contribution in [0.1, 0.15) is 25.7 Å². The molecule has 1 heterocycles. The number of nitrogens with zero attached hydrogens (tertiary/aromatic N) is 1. The third-order valence-electron chi connectivity index (χ3n) is 2.54. The number of carbonyl (C=O) groups is 1. The molecular formula is C10H20N4O3. The first-order chi connectivity index (χ1) is 8.22. The molecule has 0 spiro atoms. The fraction of sp³-hybridized carbons (Fsp3) is 0.800. The minimum absolute atomic E-state index is 0.132. The number of ether oxygens (including phenoxy) is 1. The third kappa shape index (κ3) is 5.96. The highest BCUT2D eigenvalue weighted by atomic mass is 16.5. The van der Waals surface area contributed by atoms with Gasteiger partial charge in [0.1, 0.15) is 5.84 Å². The smallest absolute Gasteiger partial charge is 0.315 e. The molecular weight excluding hydrogens is 224 g/mol. The summed E-state index contributed by atoms with van der Waals surface area (Å²) >= 11 is 0. The van der Waals surface area contributed by atoms with Gasteiger partial charge in [-0.3, -0.25) is 0 Å². The van der Waals surface area contributed by atoms with E-state index in [2.05, 4.69) is 15.8 Å². The van der Waals surface area contributed by atoms with Crippen LogP contribution in [-0.2, 0) is 4.74 Å². The lowest BCUT2D eigenvalue weighted by molar-refractivity contribution is 0.188. The zero-order valence-corrected chi connectivity index (χ0v) is 9.82. The van der Waals surface area contributed by atoms with Crippen molar-refractivity contribution in [2.24, 2.45) is 10.9 Å². The number of hydrogen-bond acceptors (Lipinski definition) is 4. The summed E-state index contributed by atoms with van der Waals surface area (Å²) in [6.07, 6.45) is 2.99. The first-order valence-corrected chi connectivity index (χ1v) is 5.81. The average molecular weight is 244 g/mol. The van der Waals surface area contributed by atoms with E-state index in [1.807, 2.05) is 0 Å². The summed E-state index contributed by atoms with van der Waals surface area (Å²) in [5.41, 5.74) is 5.31. The Morgan fingerprint density at radius 3 is 3.00 bits per heavy atom. The number of nitrogens with two attached hydrogens (primary N) is 1. The molecule has 1 saturated heterocycles. The lowest BCUT2D eigenvalue weighted by Gasteiger charge is -2.11. The molecule has 0 aromatic heterocycles. The van der Waals surface area contributed by atoms with Crippen LogP contribution in [0, 0.1) is 0 Å². The van der Waals surface area contributed by atoms with Gasteiger partial charge in [0.05, 0.1) is 12.6 Å². The first-order valence-electron chi connectivity index (χ1n) is 5.81. The van der Waals surface area contributed by atoms with E-state index in [4.69, 9.17) is 15.7 Å². The van der Waals surface area contributed by atoms with Gasteiger partial charge < -0.3 is 26.3 Å². The van der Waals surface area contributed by atoms with Crippen molar-refractivity contribution in [1.29, 1.82) is 0 Å². The van der Waals surface area contributed by atoms with Crippen LogP contribution in [0.3, 0.4) is 0 Å². The second-order valence-electron chi connectivity index (χ2n) is 4.01. The molecule has 7 nitrogen and oxygen atoms in total. The Kier molecular flexibility index (Phi) is 6.16. The molecule has 1 aliphatic rings. The van der Waals surface area contributed by atoms with E-state index in [9.17, 15) is 4.79 Å². The quantitative estimate of drug-likeness (QED) is 0.173. The number of unbranched alkanes of at least 4 members (excludes halogenated alkanes) is 1. The molecule has 17 heavy (non-hydrogen) atoms. The maximum atomic E-state index is 11.4. The van der Waals surface area contributed by atoms with Crippen LogP contribution in [0.15, 0.2) is 5.16 Å². The molecule has 1 rings (SSSR count). The molecule has 1 unspecified atom stereocenters. The minimum atomic E-state index is -0.163. The van der Waals surface area contributed by atoms with E-state index >= 15 is 0 Å². The van der Waals surface area contributed by atoms with Crippen molar-refractivity contribution in [2.75, 3.05) is 19.8 Å². The molecule has 2 amide bonds. The number of oxime groups is 1. The highest BCUT2D eigenvalue weighted by Crippen LogP contribution is 2.02. The topological polar surface area (TPSA) is 109 Å². The second kappa shape index (κ2) is 7.72. The van der Waals surface area contributed by atoms with Crippen LogP contribution in [0.2, 0.25) is 0 Å². The Labute approximate surface area is 100 Å². The number of urea groups is 1. The molecule has 0 saturated carbocycles. The van der Waals surface area contributed by atoms with E-state index in [1.165, 1.54) is 0 Å². The molecule has 98 valence electrons. The lowest BCUT2D eigenvalue weighted by atomic mass is 10.2.